The molecule has 1 N–H and O–H groups in total. The number of nitriles is 1. The molecule has 0 aliphatic carbocycles. The molecule has 1 aromatic heterocycles. The summed E-state index contributed by atoms with van der Waals surface area (Å²) < 4.78 is 0. The van der Waals surface area contributed by atoms with Crippen LogP contribution in [0, 0.1) is 11.3 Å². The van der Waals surface area contributed by atoms with Gasteiger partial charge in [-0.05, 0) is 24.6 Å². The maximum absolute atomic E-state index is 8.42. The van der Waals surface area contributed by atoms with Crippen molar-refractivity contribution in [2.24, 2.45) is 0 Å². The van der Waals surface area contributed by atoms with Crippen LogP contribution in [0.1, 0.15) is 32.3 Å². The molecule has 3 nitrogen and oxygen atoms in total. The summed E-state index contributed by atoms with van der Waals surface area (Å²) in [6.07, 6.45) is 5.25. The standard InChI is InChI=1S/C13H19N3/c1-13(2,11-16-8-4-3-7-14)12-6-5-9-15-10-12/h5-6,9-10,16H,3-4,8,11H2,1-2H3. The van der Waals surface area contributed by atoms with E-state index < -0.39 is 0 Å². The van der Waals surface area contributed by atoms with Crippen molar-refractivity contribution >= 4 is 0 Å². The highest BCUT2D eigenvalue weighted by atomic mass is 14.9. The molecule has 0 aromatic carbocycles. The van der Waals surface area contributed by atoms with Gasteiger partial charge in [-0.15, -0.1) is 0 Å². The fourth-order valence-electron chi connectivity index (χ4n) is 1.56. The van der Waals surface area contributed by atoms with E-state index in [-0.39, 0.29) is 5.41 Å². The molecule has 0 radical (unpaired) electrons. The van der Waals surface area contributed by atoms with Crippen LogP contribution in [0.15, 0.2) is 24.5 Å². The number of hydrogen-bond acceptors (Lipinski definition) is 3. The van der Waals surface area contributed by atoms with Gasteiger partial charge in [-0.25, -0.2) is 0 Å². The Hall–Kier alpha value is -1.40. The Morgan fingerprint density at radius 3 is 2.94 bits per heavy atom. The summed E-state index contributed by atoms with van der Waals surface area (Å²) in [5.74, 6) is 0. The molecule has 0 aliphatic rings. The minimum absolute atomic E-state index is 0.0842. The lowest BCUT2D eigenvalue weighted by atomic mass is 9.86. The van der Waals surface area contributed by atoms with Crippen LogP contribution in [0.2, 0.25) is 0 Å². The summed E-state index contributed by atoms with van der Waals surface area (Å²) in [4.78, 5) is 4.14. The van der Waals surface area contributed by atoms with Crippen molar-refractivity contribution in [2.45, 2.75) is 32.1 Å². The second-order valence-corrected chi connectivity index (χ2v) is 4.56. The van der Waals surface area contributed by atoms with Gasteiger partial charge in [0.2, 0.25) is 0 Å². The van der Waals surface area contributed by atoms with Crippen LogP contribution in [-0.4, -0.2) is 18.1 Å². The molecule has 0 bridgehead atoms. The van der Waals surface area contributed by atoms with Gasteiger partial charge in [0.05, 0.1) is 6.07 Å². The summed E-state index contributed by atoms with van der Waals surface area (Å²) in [6.45, 7) is 6.20. The Morgan fingerprint density at radius 2 is 2.31 bits per heavy atom. The summed E-state index contributed by atoms with van der Waals surface area (Å²) in [7, 11) is 0. The summed E-state index contributed by atoms with van der Waals surface area (Å²) in [5, 5.41) is 11.8. The lowest BCUT2D eigenvalue weighted by molar-refractivity contribution is 0.466. The molecule has 1 heterocycles. The van der Waals surface area contributed by atoms with Gasteiger partial charge >= 0.3 is 0 Å². The van der Waals surface area contributed by atoms with Gasteiger partial charge in [0.1, 0.15) is 0 Å². The quantitative estimate of drug-likeness (QED) is 0.743. The molecular weight excluding hydrogens is 198 g/mol. The number of pyridine rings is 1. The van der Waals surface area contributed by atoms with Crippen LogP contribution >= 0.6 is 0 Å². The molecule has 0 atom stereocenters. The lowest BCUT2D eigenvalue weighted by Gasteiger charge is -2.25. The van der Waals surface area contributed by atoms with Crippen LogP contribution in [0.4, 0.5) is 0 Å². The van der Waals surface area contributed by atoms with E-state index in [9.17, 15) is 0 Å². The first-order valence-electron chi connectivity index (χ1n) is 5.65. The Kier molecular flexibility index (Phi) is 4.94. The van der Waals surface area contributed by atoms with E-state index in [0.717, 1.165) is 19.5 Å². The monoisotopic (exact) mass is 217 g/mol. The maximum Gasteiger partial charge on any atom is 0.0622 e. The van der Waals surface area contributed by atoms with Gasteiger partial charge in [0.25, 0.3) is 0 Å². The van der Waals surface area contributed by atoms with Crippen LogP contribution in [-0.2, 0) is 5.41 Å². The SMILES string of the molecule is CC(C)(CNCCCC#N)c1cccnc1. The second kappa shape index (κ2) is 6.24. The Labute approximate surface area is 97.5 Å². The van der Waals surface area contributed by atoms with Crippen LogP contribution in [0.25, 0.3) is 0 Å². The van der Waals surface area contributed by atoms with Gasteiger partial charge in [-0.2, -0.15) is 5.26 Å². The fraction of sp³-hybridized carbons (Fsp3) is 0.538. The Bertz CT molecular complexity index is 338. The molecule has 16 heavy (non-hydrogen) atoms. The fourth-order valence-corrected chi connectivity index (χ4v) is 1.56. The van der Waals surface area contributed by atoms with Crippen molar-refractivity contribution in [3.8, 4) is 6.07 Å². The molecule has 1 aromatic rings. The van der Waals surface area contributed by atoms with Crippen LogP contribution in [0.3, 0.4) is 0 Å². The largest absolute Gasteiger partial charge is 0.316 e. The maximum atomic E-state index is 8.42. The Morgan fingerprint density at radius 1 is 1.50 bits per heavy atom. The van der Waals surface area contributed by atoms with Gasteiger partial charge in [-0.3, -0.25) is 4.98 Å². The topological polar surface area (TPSA) is 48.7 Å². The van der Waals surface area contributed by atoms with E-state index in [4.69, 9.17) is 5.26 Å². The summed E-state index contributed by atoms with van der Waals surface area (Å²) >= 11 is 0. The molecule has 0 aliphatic heterocycles. The number of nitrogens with one attached hydrogen (secondary N) is 1. The summed E-state index contributed by atoms with van der Waals surface area (Å²) in [6, 6.07) is 6.21. The highest BCUT2D eigenvalue weighted by Crippen LogP contribution is 2.20. The normalized spacial score (nSPS) is 11.1. The third-order valence-electron chi connectivity index (χ3n) is 2.65. The molecule has 0 saturated heterocycles. The summed E-state index contributed by atoms with van der Waals surface area (Å²) in [5.41, 5.74) is 1.32. The average Bonchev–Trinajstić information content (AvgIpc) is 2.30. The van der Waals surface area contributed by atoms with E-state index in [2.05, 4.69) is 36.3 Å². The lowest BCUT2D eigenvalue weighted by Crippen LogP contribution is -2.33. The molecule has 0 saturated carbocycles. The molecule has 86 valence electrons. The van der Waals surface area contributed by atoms with Crippen molar-refractivity contribution in [1.82, 2.24) is 10.3 Å². The van der Waals surface area contributed by atoms with E-state index in [1.54, 1.807) is 6.20 Å². The zero-order valence-corrected chi connectivity index (χ0v) is 10.0. The van der Waals surface area contributed by atoms with E-state index in [1.165, 1.54) is 5.56 Å². The van der Waals surface area contributed by atoms with Crippen LogP contribution < -0.4 is 5.32 Å². The molecule has 3 heteroatoms. The number of rotatable bonds is 6. The van der Waals surface area contributed by atoms with Crippen LogP contribution in [0.5, 0.6) is 0 Å². The highest BCUT2D eigenvalue weighted by Gasteiger charge is 2.19. The highest BCUT2D eigenvalue weighted by molar-refractivity contribution is 5.19. The molecule has 0 amide bonds. The number of unbranched alkanes of at least 4 members (excludes halogenated alkanes) is 1. The molecule has 0 unspecified atom stereocenters. The minimum atomic E-state index is 0.0842. The second-order valence-electron chi connectivity index (χ2n) is 4.56. The zero-order valence-electron chi connectivity index (χ0n) is 10.0. The van der Waals surface area contributed by atoms with E-state index >= 15 is 0 Å². The van der Waals surface area contributed by atoms with Crippen molar-refractivity contribution in [1.29, 1.82) is 5.26 Å². The molecule has 0 spiro atoms. The first-order chi connectivity index (χ1) is 7.67. The third kappa shape index (κ3) is 4.00. The van der Waals surface area contributed by atoms with Crippen molar-refractivity contribution in [2.75, 3.05) is 13.1 Å². The zero-order chi connectivity index (χ0) is 11.9. The van der Waals surface area contributed by atoms with Gasteiger partial charge in [0.15, 0.2) is 0 Å². The third-order valence-corrected chi connectivity index (χ3v) is 2.65. The first-order valence-corrected chi connectivity index (χ1v) is 5.65. The average molecular weight is 217 g/mol. The molecular formula is C13H19N3. The van der Waals surface area contributed by atoms with Gasteiger partial charge in [0, 0.05) is 30.8 Å². The van der Waals surface area contributed by atoms with E-state index in [1.807, 2.05) is 12.3 Å². The van der Waals surface area contributed by atoms with Gasteiger partial charge < -0.3 is 5.32 Å². The van der Waals surface area contributed by atoms with Crippen molar-refractivity contribution in [3.63, 3.8) is 0 Å². The first kappa shape index (κ1) is 12.7. The van der Waals surface area contributed by atoms with Crippen molar-refractivity contribution < 1.29 is 0 Å². The number of hydrogen-bond donors (Lipinski definition) is 1. The predicted octanol–water partition coefficient (Wildman–Crippen LogP) is 2.25. The minimum Gasteiger partial charge on any atom is -0.316 e. The van der Waals surface area contributed by atoms with Gasteiger partial charge in [-0.1, -0.05) is 19.9 Å². The number of nitrogens with zero attached hydrogens (tertiary/aromatic N) is 2. The molecule has 0 fully saturated rings. The van der Waals surface area contributed by atoms with Crippen molar-refractivity contribution in [3.05, 3.63) is 30.1 Å². The number of aromatic nitrogens is 1. The Balaban J connectivity index is 2.38. The predicted molar refractivity (Wildman–Crippen MR) is 65.0 cm³/mol. The van der Waals surface area contributed by atoms with E-state index in [0.29, 0.717) is 6.42 Å². The smallest absolute Gasteiger partial charge is 0.0622 e. The molecule has 1 rings (SSSR count).